The molecule has 0 saturated heterocycles. The molecule has 0 fully saturated rings. The van der Waals surface area contributed by atoms with E-state index in [9.17, 15) is 4.79 Å². The lowest BCUT2D eigenvalue weighted by Gasteiger charge is -2.03. The Kier molecular flexibility index (Phi) is 3.14. The van der Waals surface area contributed by atoms with Gasteiger partial charge in [0.2, 0.25) is 0 Å². The number of carbonyl (C=O) groups excluding carboxylic acids is 1. The number of nitrogen functional groups attached to an aromatic ring is 1. The fourth-order valence-electron chi connectivity index (χ4n) is 2.09. The van der Waals surface area contributed by atoms with Gasteiger partial charge < -0.3 is 0 Å². The van der Waals surface area contributed by atoms with Gasteiger partial charge in [-0.2, -0.15) is 0 Å². The van der Waals surface area contributed by atoms with Gasteiger partial charge in [0.1, 0.15) is 17.0 Å². The van der Waals surface area contributed by atoms with Crippen molar-refractivity contribution < 1.29 is 4.79 Å². The Labute approximate surface area is 120 Å². The molecule has 2 heterocycles. The monoisotopic (exact) mass is 286 g/mol. The molecule has 3 rings (SSSR count). The van der Waals surface area contributed by atoms with Crippen LogP contribution in [-0.4, -0.2) is 15.3 Å². The van der Waals surface area contributed by atoms with Gasteiger partial charge in [-0.1, -0.05) is 29.8 Å². The zero-order valence-electron chi connectivity index (χ0n) is 10.4. The molecule has 20 heavy (non-hydrogen) atoms. The van der Waals surface area contributed by atoms with Crippen LogP contribution in [0.15, 0.2) is 48.7 Å². The Morgan fingerprint density at radius 1 is 1.20 bits per heavy atom. The first kappa shape index (κ1) is 12.7. The first-order valence-electron chi connectivity index (χ1n) is 5.94. The van der Waals surface area contributed by atoms with Crippen molar-refractivity contribution in [1.29, 1.82) is 0 Å². The fourth-order valence-corrected chi connectivity index (χ4v) is 2.22. The van der Waals surface area contributed by atoms with Crippen molar-refractivity contribution in [2.24, 2.45) is 5.84 Å². The summed E-state index contributed by atoms with van der Waals surface area (Å²) in [5.41, 5.74) is 4.59. The molecule has 100 valence electrons. The number of nitrogens with two attached hydrogens (primary N) is 1. The molecule has 1 amide bonds. The molecule has 3 N–H and O–H groups in total. The highest BCUT2D eigenvalue weighted by atomic mass is 35.5. The molecular weight excluding hydrogens is 276 g/mol. The minimum absolute atomic E-state index is 0.394. The second-order valence-corrected chi connectivity index (χ2v) is 4.65. The van der Waals surface area contributed by atoms with E-state index in [-0.39, 0.29) is 0 Å². The lowest BCUT2D eigenvalue weighted by atomic mass is 10.1. The summed E-state index contributed by atoms with van der Waals surface area (Å²) in [6, 6.07) is 12.7. The van der Waals surface area contributed by atoms with Gasteiger partial charge in [0.15, 0.2) is 0 Å². The van der Waals surface area contributed by atoms with E-state index in [1.807, 2.05) is 30.3 Å². The Morgan fingerprint density at radius 2 is 1.95 bits per heavy atom. The summed E-state index contributed by atoms with van der Waals surface area (Å²) < 4.78 is 1.70. The molecule has 0 radical (unpaired) electrons. The second kappa shape index (κ2) is 4.96. The quantitative estimate of drug-likeness (QED) is 0.431. The highest BCUT2D eigenvalue weighted by Gasteiger charge is 2.19. The van der Waals surface area contributed by atoms with Crippen molar-refractivity contribution in [3.63, 3.8) is 0 Å². The van der Waals surface area contributed by atoms with Crippen molar-refractivity contribution in [3.05, 3.63) is 59.4 Å². The van der Waals surface area contributed by atoms with Gasteiger partial charge in [-0.05, 0) is 24.3 Å². The van der Waals surface area contributed by atoms with Crippen LogP contribution >= 0.6 is 11.6 Å². The molecule has 0 aliphatic heterocycles. The number of nitrogens with one attached hydrogen (secondary N) is 1. The summed E-state index contributed by atoms with van der Waals surface area (Å²) in [4.78, 5) is 16.5. The van der Waals surface area contributed by atoms with Crippen LogP contribution in [-0.2, 0) is 0 Å². The number of amides is 1. The normalized spacial score (nSPS) is 10.7. The molecule has 0 atom stereocenters. The molecule has 0 aliphatic rings. The number of hydrogen-bond acceptors (Lipinski definition) is 3. The number of benzene rings is 1. The van der Waals surface area contributed by atoms with Crippen LogP contribution < -0.4 is 11.3 Å². The van der Waals surface area contributed by atoms with Crippen molar-refractivity contribution in [2.75, 3.05) is 0 Å². The number of hydrogen-bond donors (Lipinski definition) is 2. The average molecular weight is 287 g/mol. The van der Waals surface area contributed by atoms with Crippen molar-refractivity contribution >= 4 is 23.2 Å². The zero-order chi connectivity index (χ0) is 14.1. The SMILES string of the molecule is NNC(=O)c1c(-c2ccc(Cl)cc2)nc2ccccn12. The number of carbonyl (C=O) groups is 1. The third-order valence-electron chi connectivity index (χ3n) is 2.99. The number of rotatable bonds is 2. The molecule has 0 aliphatic carbocycles. The number of aromatic nitrogens is 2. The Balaban J connectivity index is 2.29. The number of pyridine rings is 1. The molecule has 0 bridgehead atoms. The summed E-state index contributed by atoms with van der Waals surface area (Å²) >= 11 is 5.88. The summed E-state index contributed by atoms with van der Waals surface area (Å²) in [5, 5.41) is 0.627. The number of halogens is 1. The summed E-state index contributed by atoms with van der Waals surface area (Å²) in [7, 11) is 0. The molecule has 0 unspecified atom stereocenters. The lowest BCUT2D eigenvalue weighted by molar-refractivity contribution is 0.0948. The molecular formula is C14H11ClN4O. The topological polar surface area (TPSA) is 72.4 Å². The molecule has 2 aromatic heterocycles. The molecule has 6 heteroatoms. The van der Waals surface area contributed by atoms with Crippen LogP contribution in [0.25, 0.3) is 16.9 Å². The van der Waals surface area contributed by atoms with E-state index >= 15 is 0 Å². The third kappa shape index (κ3) is 2.03. The Bertz CT molecular complexity index is 779. The van der Waals surface area contributed by atoms with Gasteiger partial charge in [0.05, 0.1) is 0 Å². The third-order valence-corrected chi connectivity index (χ3v) is 3.25. The molecule has 0 spiro atoms. The Morgan fingerprint density at radius 3 is 2.65 bits per heavy atom. The number of hydrazine groups is 1. The van der Waals surface area contributed by atoms with Crippen LogP contribution in [0.2, 0.25) is 5.02 Å². The summed E-state index contributed by atoms with van der Waals surface area (Å²) in [6.45, 7) is 0. The predicted molar refractivity (Wildman–Crippen MR) is 77.3 cm³/mol. The van der Waals surface area contributed by atoms with Gasteiger partial charge in [-0.15, -0.1) is 0 Å². The van der Waals surface area contributed by atoms with Crippen LogP contribution in [0.4, 0.5) is 0 Å². The van der Waals surface area contributed by atoms with E-state index in [1.54, 1.807) is 22.7 Å². The largest absolute Gasteiger partial charge is 0.295 e. The van der Waals surface area contributed by atoms with Gasteiger partial charge >= 0.3 is 0 Å². The number of imidazole rings is 1. The highest BCUT2D eigenvalue weighted by Crippen LogP contribution is 2.25. The second-order valence-electron chi connectivity index (χ2n) is 4.22. The molecule has 1 aromatic carbocycles. The van der Waals surface area contributed by atoms with Crippen molar-refractivity contribution in [3.8, 4) is 11.3 Å². The number of nitrogens with zero attached hydrogens (tertiary/aromatic N) is 2. The maximum absolute atomic E-state index is 12.0. The van der Waals surface area contributed by atoms with Gasteiger partial charge in [-0.25, -0.2) is 10.8 Å². The van der Waals surface area contributed by atoms with Crippen molar-refractivity contribution in [1.82, 2.24) is 14.8 Å². The molecule has 3 aromatic rings. The standard InChI is InChI=1S/C14H11ClN4O/c15-10-6-4-9(5-7-10)12-13(14(20)18-16)19-8-2-1-3-11(19)17-12/h1-8H,16H2,(H,18,20). The minimum Gasteiger partial charge on any atom is -0.295 e. The lowest BCUT2D eigenvalue weighted by Crippen LogP contribution is -2.31. The first-order chi connectivity index (χ1) is 9.70. The van der Waals surface area contributed by atoms with Crippen molar-refractivity contribution in [2.45, 2.75) is 0 Å². The van der Waals surface area contributed by atoms with E-state index in [2.05, 4.69) is 10.4 Å². The van der Waals surface area contributed by atoms with Gasteiger partial charge in [0.25, 0.3) is 5.91 Å². The maximum Gasteiger partial charge on any atom is 0.284 e. The fraction of sp³-hybridized carbons (Fsp3) is 0. The van der Waals surface area contributed by atoms with E-state index in [1.165, 1.54) is 0 Å². The van der Waals surface area contributed by atoms with Crippen LogP contribution in [0, 0.1) is 0 Å². The first-order valence-corrected chi connectivity index (χ1v) is 6.32. The average Bonchev–Trinajstić information content (AvgIpc) is 2.86. The van der Waals surface area contributed by atoms with Gasteiger partial charge in [0, 0.05) is 16.8 Å². The van der Waals surface area contributed by atoms with Crippen LogP contribution in [0.3, 0.4) is 0 Å². The number of fused-ring (bicyclic) bond motifs is 1. The van der Waals surface area contributed by atoms with E-state index < -0.39 is 5.91 Å². The van der Waals surface area contributed by atoms with Crippen LogP contribution in [0.5, 0.6) is 0 Å². The van der Waals surface area contributed by atoms with E-state index in [0.29, 0.717) is 22.1 Å². The summed E-state index contributed by atoms with van der Waals surface area (Å²) in [6.07, 6.45) is 1.77. The highest BCUT2D eigenvalue weighted by molar-refractivity contribution is 6.30. The van der Waals surface area contributed by atoms with Crippen LogP contribution in [0.1, 0.15) is 10.5 Å². The Hall–Kier alpha value is -2.37. The molecule has 5 nitrogen and oxygen atoms in total. The maximum atomic E-state index is 12.0. The van der Waals surface area contributed by atoms with E-state index in [4.69, 9.17) is 17.4 Å². The zero-order valence-corrected chi connectivity index (χ0v) is 11.1. The molecule has 0 saturated carbocycles. The summed E-state index contributed by atoms with van der Waals surface area (Å²) in [5.74, 6) is 4.87. The van der Waals surface area contributed by atoms with Gasteiger partial charge in [-0.3, -0.25) is 14.6 Å². The van der Waals surface area contributed by atoms with E-state index in [0.717, 1.165) is 5.56 Å². The minimum atomic E-state index is -0.395. The predicted octanol–water partition coefficient (Wildman–Crippen LogP) is 2.26. The smallest absolute Gasteiger partial charge is 0.284 e.